The highest BCUT2D eigenvalue weighted by Crippen LogP contribution is 2.39. The zero-order valence-electron chi connectivity index (χ0n) is 13.8. The monoisotopic (exact) mass is 361 g/mol. The number of pyridine rings is 2. The molecule has 0 amide bonds. The van der Waals surface area contributed by atoms with E-state index in [4.69, 9.17) is 11.6 Å². The quantitative estimate of drug-likeness (QED) is 0.525. The lowest BCUT2D eigenvalue weighted by Gasteiger charge is -2.23. The maximum absolute atomic E-state index is 10.9. The molecule has 4 nitrogen and oxygen atoms in total. The Balaban J connectivity index is 1.89. The fraction of sp³-hybridized carbons (Fsp3) is 0.0476. The summed E-state index contributed by atoms with van der Waals surface area (Å²) in [4.78, 5) is 8.40. The first-order valence-electron chi connectivity index (χ1n) is 8.21. The van der Waals surface area contributed by atoms with Crippen LogP contribution in [-0.2, 0) is 0 Å². The van der Waals surface area contributed by atoms with Crippen LogP contribution in [0.1, 0.15) is 17.2 Å². The molecule has 2 aromatic heterocycles. The molecule has 128 valence electrons. The van der Waals surface area contributed by atoms with Crippen LogP contribution < -0.4 is 5.32 Å². The van der Waals surface area contributed by atoms with Gasteiger partial charge in [-0.25, -0.2) is 0 Å². The van der Waals surface area contributed by atoms with E-state index < -0.39 is 0 Å². The number of benzene rings is 2. The summed E-state index contributed by atoms with van der Waals surface area (Å²) in [5.41, 5.74) is 3.05. The third kappa shape index (κ3) is 3.07. The minimum Gasteiger partial charge on any atom is -0.505 e. The Labute approximate surface area is 156 Å². The first kappa shape index (κ1) is 16.4. The van der Waals surface area contributed by atoms with Crippen molar-refractivity contribution in [3.05, 3.63) is 95.4 Å². The normalized spacial score (nSPS) is 12.0. The molecule has 2 N–H and O–H groups in total. The van der Waals surface area contributed by atoms with E-state index in [1.165, 1.54) is 0 Å². The summed E-state index contributed by atoms with van der Waals surface area (Å²) < 4.78 is 0. The SMILES string of the molecule is Oc1c(C(Nc2ccccc2)c2ccncc2)cc(Cl)c2cccnc12. The molecule has 0 aliphatic carbocycles. The smallest absolute Gasteiger partial charge is 0.147 e. The highest BCUT2D eigenvalue weighted by Gasteiger charge is 2.21. The molecule has 1 unspecified atom stereocenters. The van der Waals surface area contributed by atoms with Gasteiger partial charge >= 0.3 is 0 Å². The molecule has 0 fully saturated rings. The third-order valence-electron chi connectivity index (χ3n) is 4.28. The van der Waals surface area contributed by atoms with Crippen molar-refractivity contribution < 1.29 is 5.11 Å². The molecule has 2 heterocycles. The van der Waals surface area contributed by atoms with Crippen LogP contribution in [-0.4, -0.2) is 15.1 Å². The highest BCUT2D eigenvalue weighted by molar-refractivity contribution is 6.35. The number of para-hydroxylation sites is 1. The number of nitrogens with zero attached hydrogens (tertiary/aromatic N) is 2. The number of aromatic hydroxyl groups is 1. The standard InChI is InChI=1S/C21H16ClN3O/c22-18-13-17(21(26)20-16(18)7-4-10-24-20)19(14-8-11-23-12-9-14)25-15-5-2-1-3-6-15/h1-13,19,25-26H. The van der Waals surface area contributed by atoms with Crippen molar-refractivity contribution in [1.29, 1.82) is 0 Å². The predicted molar refractivity (Wildman–Crippen MR) is 105 cm³/mol. The van der Waals surface area contributed by atoms with Crippen molar-refractivity contribution in [1.82, 2.24) is 9.97 Å². The van der Waals surface area contributed by atoms with Crippen molar-refractivity contribution in [3.8, 4) is 5.75 Å². The van der Waals surface area contributed by atoms with Crippen molar-refractivity contribution in [2.75, 3.05) is 5.32 Å². The van der Waals surface area contributed by atoms with Gasteiger partial charge in [0.05, 0.1) is 11.1 Å². The van der Waals surface area contributed by atoms with Crippen LogP contribution in [0.2, 0.25) is 5.02 Å². The van der Waals surface area contributed by atoms with Crippen molar-refractivity contribution in [3.63, 3.8) is 0 Å². The Hall–Kier alpha value is -3.11. The lowest BCUT2D eigenvalue weighted by molar-refractivity contribution is 0.472. The number of phenolic OH excluding ortho intramolecular Hbond substituents is 1. The maximum atomic E-state index is 10.9. The molecule has 4 rings (SSSR count). The maximum Gasteiger partial charge on any atom is 0.147 e. The summed E-state index contributed by atoms with van der Waals surface area (Å²) in [6, 6.07) is 18.8. The minimum absolute atomic E-state index is 0.121. The summed E-state index contributed by atoms with van der Waals surface area (Å²) in [5, 5.41) is 15.7. The average Bonchev–Trinajstić information content (AvgIpc) is 2.71. The van der Waals surface area contributed by atoms with Crippen molar-refractivity contribution in [2.24, 2.45) is 0 Å². The number of aromatic nitrogens is 2. The van der Waals surface area contributed by atoms with Crippen LogP contribution in [0.25, 0.3) is 10.9 Å². The van der Waals surface area contributed by atoms with Gasteiger partial charge in [0.1, 0.15) is 11.3 Å². The predicted octanol–water partition coefficient (Wildman–Crippen LogP) is 5.19. The van der Waals surface area contributed by atoms with Crippen LogP contribution in [0, 0.1) is 0 Å². The minimum atomic E-state index is -0.302. The molecule has 0 saturated heterocycles. The molecular weight excluding hydrogens is 346 g/mol. The van der Waals surface area contributed by atoms with E-state index in [1.807, 2.05) is 48.5 Å². The third-order valence-corrected chi connectivity index (χ3v) is 4.59. The number of phenols is 1. The van der Waals surface area contributed by atoms with Gasteiger partial charge in [-0.05, 0) is 48.0 Å². The average molecular weight is 362 g/mol. The molecular formula is C21H16ClN3O. The van der Waals surface area contributed by atoms with Gasteiger partial charge in [0.2, 0.25) is 0 Å². The summed E-state index contributed by atoms with van der Waals surface area (Å²) in [5.74, 6) is 0.121. The van der Waals surface area contributed by atoms with Gasteiger partial charge in [0.25, 0.3) is 0 Å². The van der Waals surface area contributed by atoms with Gasteiger partial charge in [-0.15, -0.1) is 0 Å². The van der Waals surface area contributed by atoms with E-state index in [2.05, 4.69) is 15.3 Å². The lowest BCUT2D eigenvalue weighted by Crippen LogP contribution is -2.13. The van der Waals surface area contributed by atoms with Gasteiger partial charge in [0, 0.05) is 35.2 Å². The van der Waals surface area contributed by atoms with Gasteiger partial charge in [0.15, 0.2) is 0 Å². The van der Waals surface area contributed by atoms with Crippen molar-refractivity contribution >= 4 is 28.2 Å². The fourth-order valence-corrected chi connectivity index (χ4v) is 3.29. The first-order valence-corrected chi connectivity index (χ1v) is 8.59. The van der Waals surface area contributed by atoms with Crippen LogP contribution in [0.15, 0.2) is 79.3 Å². The molecule has 0 saturated carbocycles. The number of rotatable bonds is 4. The van der Waals surface area contributed by atoms with Crippen molar-refractivity contribution in [2.45, 2.75) is 6.04 Å². The molecule has 26 heavy (non-hydrogen) atoms. The number of hydrogen-bond acceptors (Lipinski definition) is 4. The fourth-order valence-electron chi connectivity index (χ4n) is 3.02. The number of hydrogen-bond donors (Lipinski definition) is 2. The topological polar surface area (TPSA) is 58.0 Å². The van der Waals surface area contributed by atoms with Gasteiger partial charge in [-0.3, -0.25) is 9.97 Å². The van der Waals surface area contributed by atoms with E-state index in [0.29, 0.717) is 16.1 Å². The summed E-state index contributed by atoms with van der Waals surface area (Å²) >= 11 is 6.48. The van der Waals surface area contributed by atoms with E-state index >= 15 is 0 Å². The largest absolute Gasteiger partial charge is 0.505 e. The van der Waals surface area contributed by atoms with Crippen LogP contribution in [0.3, 0.4) is 0 Å². The molecule has 1 atom stereocenters. The van der Waals surface area contributed by atoms with E-state index in [-0.39, 0.29) is 11.8 Å². The second-order valence-electron chi connectivity index (χ2n) is 5.92. The zero-order chi connectivity index (χ0) is 17.9. The van der Waals surface area contributed by atoms with Gasteiger partial charge in [-0.1, -0.05) is 29.8 Å². The Morgan fingerprint density at radius 2 is 1.69 bits per heavy atom. The summed E-state index contributed by atoms with van der Waals surface area (Å²) in [7, 11) is 0. The molecule has 0 spiro atoms. The molecule has 4 aromatic rings. The Morgan fingerprint density at radius 3 is 2.46 bits per heavy atom. The molecule has 0 radical (unpaired) electrons. The second kappa shape index (κ2) is 7.02. The molecule has 0 bridgehead atoms. The highest BCUT2D eigenvalue weighted by atomic mass is 35.5. The number of halogens is 1. The van der Waals surface area contributed by atoms with Gasteiger partial charge < -0.3 is 10.4 Å². The molecule has 5 heteroatoms. The van der Waals surface area contributed by atoms with E-state index in [9.17, 15) is 5.11 Å². The van der Waals surface area contributed by atoms with Crippen LogP contribution >= 0.6 is 11.6 Å². The Kier molecular flexibility index (Phi) is 4.42. The molecule has 0 aliphatic heterocycles. The second-order valence-corrected chi connectivity index (χ2v) is 6.33. The zero-order valence-corrected chi connectivity index (χ0v) is 14.6. The molecule has 2 aromatic carbocycles. The number of nitrogens with one attached hydrogen (secondary N) is 1. The van der Waals surface area contributed by atoms with Crippen LogP contribution in [0.4, 0.5) is 5.69 Å². The van der Waals surface area contributed by atoms with Gasteiger partial charge in [-0.2, -0.15) is 0 Å². The number of fused-ring (bicyclic) bond motifs is 1. The lowest BCUT2D eigenvalue weighted by atomic mass is 9.96. The molecule has 0 aliphatic rings. The van der Waals surface area contributed by atoms with E-state index in [0.717, 1.165) is 16.6 Å². The Morgan fingerprint density at radius 1 is 0.923 bits per heavy atom. The summed E-state index contributed by atoms with van der Waals surface area (Å²) in [6.07, 6.45) is 5.11. The number of anilines is 1. The summed E-state index contributed by atoms with van der Waals surface area (Å²) in [6.45, 7) is 0. The van der Waals surface area contributed by atoms with E-state index in [1.54, 1.807) is 30.7 Å². The Bertz CT molecular complexity index is 1040. The van der Waals surface area contributed by atoms with Crippen LogP contribution in [0.5, 0.6) is 5.75 Å². The first-order chi connectivity index (χ1) is 12.7.